The number of rotatable bonds is 15. The first-order valence-corrected chi connectivity index (χ1v) is 14.4. The van der Waals surface area contributed by atoms with Gasteiger partial charge in [0.05, 0.1) is 0 Å². The lowest BCUT2D eigenvalue weighted by Gasteiger charge is -2.20. The smallest absolute Gasteiger partial charge is 0.00992 e. The van der Waals surface area contributed by atoms with E-state index in [1.165, 1.54) is 64.2 Å². The molecule has 0 bridgehead atoms. The molecule has 0 amide bonds. The van der Waals surface area contributed by atoms with Gasteiger partial charge in [-0.3, -0.25) is 0 Å². The van der Waals surface area contributed by atoms with Crippen LogP contribution in [0.15, 0.2) is 48.6 Å². The fraction of sp³-hybridized carbons (Fsp3) is 0.750. The van der Waals surface area contributed by atoms with Crippen molar-refractivity contribution >= 4 is 0 Å². The average molecular weight is 479 g/mol. The second-order valence-corrected chi connectivity index (χ2v) is 9.21. The predicted molar refractivity (Wildman–Crippen MR) is 161 cm³/mol. The van der Waals surface area contributed by atoms with Gasteiger partial charge in [0.2, 0.25) is 0 Å². The van der Waals surface area contributed by atoms with Crippen molar-refractivity contribution in [2.45, 2.75) is 139 Å². The third-order valence-electron chi connectivity index (χ3n) is 6.15. The van der Waals surface area contributed by atoms with Gasteiger partial charge in [0.15, 0.2) is 0 Å². The highest BCUT2D eigenvalue weighted by atomic mass is 14.6. The Kier molecular flexibility index (Phi) is 40.1. The molecule has 5 N–H and O–H groups in total. The van der Waals surface area contributed by atoms with E-state index >= 15 is 0 Å². The molecule has 1 aromatic carbocycles. The standard InChI is InChI=1S/C22H45N.C6H6.2C2H6.H3N/c1-6-7-8-9-10-11-12-13-14-18-22(23)21(5)17-15-16-20(4)19(2)3;1-2-4-6-5-3-1;2*1-2;/h13-14,19-22H,6-12,15-18,23H2,1-5H3;1-6H;2*1-2H3;1H3/b14-13-;;;;. The van der Waals surface area contributed by atoms with Crippen LogP contribution in [0.2, 0.25) is 0 Å². The molecule has 0 spiro atoms. The van der Waals surface area contributed by atoms with Gasteiger partial charge in [-0.25, -0.2) is 0 Å². The van der Waals surface area contributed by atoms with Gasteiger partial charge in [-0.2, -0.15) is 0 Å². The Labute approximate surface area is 217 Å². The molecule has 0 aliphatic heterocycles. The molecule has 3 atom stereocenters. The zero-order valence-electron chi connectivity index (χ0n) is 25.0. The Morgan fingerprint density at radius 2 is 1.06 bits per heavy atom. The van der Waals surface area contributed by atoms with Crippen LogP contribution in [-0.2, 0) is 0 Å². The summed E-state index contributed by atoms with van der Waals surface area (Å²) in [5.41, 5.74) is 6.34. The minimum absolute atomic E-state index is 0. The van der Waals surface area contributed by atoms with Gasteiger partial charge in [0.25, 0.3) is 0 Å². The first-order valence-electron chi connectivity index (χ1n) is 14.4. The predicted octanol–water partition coefficient (Wildman–Crippen LogP) is 11.0. The lowest BCUT2D eigenvalue weighted by atomic mass is 9.88. The zero-order valence-corrected chi connectivity index (χ0v) is 25.0. The topological polar surface area (TPSA) is 61.0 Å². The van der Waals surface area contributed by atoms with E-state index in [1.54, 1.807) is 0 Å². The molecule has 1 aromatic rings. The first kappa shape index (κ1) is 40.1. The first-order chi connectivity index (χ1) is 16.0. The molecule has 1 rings (SSSR count). The molecular formula is C32H66N2. The maximum Gasteiger partial charge on any atom is 0.00992 e. The van der Waals surface area contributed by atoms with Crippen LogP contribution in [0, 0.1) is 17.8 Å². The van der Waals surface area contributed by atoms with E-state index in [1.807, 2.05) is 64.1 Å². The number of benzene rings is 1. The van der Waals surface area contributed by atoms with Crippen molar-refractivity contribution in [3.05, 3.63) is 48.6 Å². The summed E-state index contributed by atoms with van der Waals surface area (Å²) in [6.45, 7) is 19.6. The van der Waals surface area contributed by atoms with Gasteiger partial charge in [-0.05, 0) is 43.4 Å². The zero-order chi connectivity index (χ0) is 25.7. The van der Waals surface area contributed by atoms with Crippen LogP contribution in [0.1, 0.15) is 133 Å². The second-order valence-electron chi connectivity index (χ2n) is 9.21. The van der Waals surface area contributed by atoms with Crippen molar-refractivity contribution in [3.63, 3.8) is 0 Å². The average Bonchev–Trinajstić information content (AvgIpc) is 2.86. The minimum atomic E-state index is 0. The number of hydrogen-bond acceptors (Lipinski definition) is 2. The monoisotopic (exact) mass is 479 g/mol. The molecule has 0 saturated carbocycles. The van der Waals surface area contributed by atoms with E-state index in [4.69, 9.17) is 5.73 Å². The third kappa shape index (κ3) is 30.9. The summed E-state index contributed by atoms with van der Waals surface area (Å²) in [6.07, 6.45) is 19.2. The van der Waals surface area contributed by atoms with Gasteiger partial charge in [-0.1, -0.05) is 156 Å². The van der Waals surface area contributed by atoms with Gasteiger partial charge < -0.3 is 11.9 Å². The Morgan fingerprint density at radius 1 is 0.618 bits per heavy atom. The molecule has 0 heterocycles. The van der Waals surface area contributed by atoms with Gasteiger partial charge in [-0.15, -0.1) is 0 Å². The van der Waals surface area contributed by atoms with Crippen LogP contribution in [0.4, 0.5) is 0 Å². The molecule has 0 fully saturated rings. The molecule has 2 heteroatoms. The molecule has 204 valence electrons. The second kappa shape index (κ2) is 34.0. The van der Waals surface area contributed by atoms with Crippen molar-refractivity contribution in [2.75, 3.05) is 0 Å². The van der Waals surface area contributed by atoms with E-state index in [0.29, 0.717) is 12.0 Å². The van der Waals surface area contributed by atoms with E-state index in [9.17, 15) is 0 Å². The quantitative estimate of drug-likeness (QED) is 0.194. The lowest BCUT2D eigenvalue weighted by molar-refractivity contribution is 0.344. The van der Waals surface area contributed by atoms with Crippen molar-refractivity contribution in [2.24, 2.45) is 23.5 Å². The molecule has 2 nitrogen and oxygen atoms in total. The maximum absolute atomic E-state index is 6.34. The van der Waals surface area contributed by atoms with Gasteiger partial charge in [0.1, 0.15) is 0 Å². The summed E-state index contributed by atoms with van der Waals surface area (Å²) in [7, 11) is 0. The summed E-state index contributed by atoms with van der Waals surface area (Å²) in [5, 5.41) is 0. The van der Waals surface area contributed by atoms with E-state index in [0.717, 1.165) is 18.3 Å². The van der Waals surface area contributed by atoms with E-state index in [-0.39, 0.29) is 6.15 Å². The Bertz CT molecular complexity index is 429. The van der Waals surface area contributed by atoms with Crippen LogP contribution in [0.25, 0.3) is 0 Å². The van der Waals surface area contributed by atoms with E-state index < -0.39 is 0 Å². The summed E-state index contributed by atoms with van der Waals surface area (Å²) in [6, 6.07) is 12.3. The maximum atomic E-state index is 6.34. The fourth-order valence-corrected chi connectivity index (χ4v) is 3.34. The Balaban J connectivity index is -0.000000342. The number of hydrogen-bond donors (Lipinski definition) is 2. The minimum Gasteiger partial charge on any atom is -0.344 e. The molecular weight excluding hydrogens is 412 g/mol. The van der Waals surface area contributed by atoms with Gasteiger partial charge >= 0.3 is 0 Å². The van der Waals surface area contributed by atoms with E-state index in [2.05, 4.69) is 46.8 Å². The molecule has 0 radical (unpaired) electrons. The fourth-order valence-electron chi connectivity index (χ4n) is 3.34. The van der Waals surface area contributed by atoms with Crippen LogP contribution < -0.4 is 11.9 Å². The third-order valence-corrected chi connectivity index (χ3v) is 6.15. The molecule has 0 aliphatic rings. The highest BCUT2D eigenvalue weighted by Crippen LogP contribution is 2.21. The number of allylic oxidation sites excluding steroid dienone is 1. The van der Waals surface area contributed by atoms with Crippen molar-refractivity contribution < 1.29 is 0 Å². The highest BCUT2D eigenvalue weighted by molar-refractivity contribution is 4.99. The SMILES string of the molecule is CC.CC.CCCCCCCC/C=C\CC(N)C(C)CCCC(C)C(C)C.N.c1ccccc1. The molecule has 0 aromatic heterocycles. The summed E-state index contributed by atoms with van der Waals surface area (Å²) in [4.78, 5) is 0. The molecule has 34 heavy (non-hydrogen) atoms. The van der Waals surface area contributed by atoms with Crippen molar-refractivity contribution in [1.82, 2.24) is 6.15 Å². The highest BCUT2D eigenvalue weighted by Gasteiger charge is 2.12. The normalized spacial score (nSPS) is 12.7. The Hall–Kier alpha value is -1.12. The Morgan fingerprint density at radius 3 is 1.53 bits per heavy atom. The molecule has 3 unspecified atom stereocenters. The molecule has 0 aliphatic carbocycles. The van der Waals surface area contributed by atoms with Crippen LogP contribution in [0.3, 0.4) is 0 Å². The summed E-state index contributed by atoms with van der Waals surface area (Å²) >= 11 is 0. The van der Waals surface area contributed by atoms with Crippen molar-refractivity contribution in [1.29, 1.82) is 0 Å². The van der Waals surface area contributed by atoms with Crippen LogP contribution in [0.5, 0.6) is 0 Å². The number of nitrogens with two attached hydrogens (primary N) is 1. The number of unbranched alkanes of at least 4 members (excludes halogenated alkanes) is 6. The van der Waals surface area contributed by atoms with Crippen LogP contribution >= 0.6 is 0 Å². The lowest BCUT2D eigenvalue weighted by Crippen LogP contribution is -2.27. The molecule has 0 saturated heterocycles. The summed E-state index contributed by atoms with van der Waals surface area (Å²) < 4.78 is 0. The largest absolute Gasteiger partial charge is 0.344 e. The van der Waals surface area contributed by atoms with Gasteiger partial charge in [0, 0.05) is 6.04 Å². The van der Waals surface area contributed by atoms with Crippen molar-refractivity contribution in [3.8, 4) is 0 Å². The summed E-state index contributed by atoms with van der Waals surface area (Å²) in [5.74, 6) is 2.30. The van der Waals surface area contributed by atoms with Crippen LogP contribution in [-0.4, -0.2) is 6.04 Å².